The molecule has 178 valence electrons. The lowest BCUT2D eigenvalue weighted by molar-refractivity contribution is -0.133. The number of aryl methyl sites for hydroxylation is 2. The number of rotatable bonds is 5. The molecule has 3 aromatic carbocycles. The third kappa shape index (κ3) is 5.12. The molecule has 0 unspecified atom stereocenters. The molecule has 0 fully saturated rings. The number of nitrogens with zero attached hydrogens (tertiary/aromatic N) is 1. The van der Waals surface area contributed by atoms with Crippen LogP contribution in [0.4, 0.5) is 11.4 Å². The van der Waals surface area contributed by atoms with E-state index in [0.29, 0.717) is 33.0 Å². The molecule has 4 rings (SSSR count). The lowest BCUT2D eigenvalue weighted by Crippen LogP contribution is -2.36. The van der Waals surface area contributed by atoms with Gasteiger partial charge in [-0.15, -0.1) is 0 Å². The quantitative estimate of drug-likeness (QED) is 0.347. The predicted molar refractivity (Wildman–Crippen MR) is 137 cm³/mol. The minimum atomic E-state index is -0.969. The van der Waals surface area contributed by atoms with Gasteiger partial charge in [0.2, 0.25) is 0 Å². The van der Waals surface area contributed by atoms with Crippen LogP contribution in [0.3, 0.4) is 0 Å². The highest BCUT2D eigenvalue weighted by atomic mass is 35.5. The maximum atomic E-state index is 13.2. The Morgan fingerprint density at radius 1 is 0.857 bits per heavy atom. The van der Waals surface area contributed by atoms with Gasteiger partial charge in [0.15, 0.2) is 0 Å². The summed E-state index contributed by atoms with van der Waals surface area (Å²) in [5.41, 5.74) is 6.21. The van der Waals surface area contributed by atoms with E-state index in [2.05, 4.69) is 16.1 Å². The monoisotopic (exact) mass is 490 g/mol. The third-order valence-corrected chi connectivity index (χ3v) is 5.77. The molecule has 0 atom stereocenters. The minimum Gasteiger partial charge on any atom is -0.495 e. The van der Waals surface area contributed by atoms with Gasteiger partial charge in [0.05, 0.1) is 18.3 Å². The highest BCUT2D eigenvalue weighted by Crippen LogP contribution is 2.25. The summed E-state index contributed by atoms with van der Waals surface area (Å²) >= 11 is 6.12. The van der Waals surface area contributed by atoms with Gasteiger partial charge in [-0.1, -0.05) is 29.8 Å². The number of amides is 3. The highest BCUT2D eigenvalue weighted by Gasteiger charge is 2.22. The summed E-state index contributed by atoms with van der Waals surface area (Å²) in [7, 11) is 1.46. The summed E-state index contributed by atoms with van der Waals surface area (Å²) in [4.78, 5) is 38.6. The van der Waals surface area contributed by atoms with Crippen molar-refractivity contribution in [2.45, 2.75) is 13.8 Å². The molecule has 3 amide bonds. The van der Waals surface area contributed by atoms with Crippen LogP contribution in [0.25, 0.3) is 10.9 Å². The fourth-order valence-corrected chi connectivity index (χ4v) is 3.75. The molecule has 4 aromatic rings. The Labute approximate surface area is 206 Å². The highest BCUT2D eigenvalue weighted by molar-refractivity contribution is 6.42. The van der Waals surface area contributed by atoms with E-state index in [9.17, 15) is 14.4 Å². The van der Waals surface area contributed by atoms with Crippen LogP contribution in [0.2, 0.25) is 5.02 Å². The number of para-hydroxylation sites is 2. The number of carbonyl (C=O) groups excluding carboxylic acids is 3. The SMILES string of the molecule is COc1ccccc1NC(=O)C(=O)Nn1c(C(=O)Nc2ccc(C)c(C)c2)cc2cc(Cl)ccc21. The summed E-state index contributed by atoms with van der Waals surface area (Å²) in [5, 5.41) is 6.45. The molecule has 0 saturated heterocycles. The van der Waals surface area contributed by atoms with Crippen molar-refractivity contribution >= 4 is 51.6 Å². The normalized spacial score (nSPS) is 10.6. The van der Waals surface area contributed by atoms with Crippen LogP contribution in [0.5, 0.6) is 5.75 Å². The molecule has 0 aliphatic heterocycles. The first-order chi connectivity index (χ1) is 16.8. The van der Waals surface area contributed by atoms with Crippen molar-refractivity contribution in [3.8, 4) is 5.75 Å². The van der Waals surface area contributed by atoms with Crippen molar-refractivity contribution < 1.29 is 19.1 Å². The number of anilines is 2. The number of hydrogen-bond donors (Lipinski definition) is 3. The van der Waals surface area contributed by atoms with Crippen molar-refractivity contribution in [1.29, 1.82) is 0 Å². The van der Waals surface area contributed by atoms with E-state index in [0.717, 1.165) is 11.1 Å². The lowest BCUT2D eigenvalue weighted by atomic mass is 10.1. The number of nitrogens with one attached hydrogen (secondary N) is 3. The third-order valence-electron chi connectivity index (χ3n) is 5.54. The minimum absolute atomic E-state index is 0.124. The van der Waals surface area contributed by atoms with Gasteiger partial charge in [-0.3, -0.25) is 19.8 Å². The molecular weight excluding hydrogens is 468 g/mol. The molecule has 0 bridgehead atoms. The number of methoxy groups -OCH3 is 1. The summed E-state index contributed by atoms with van der Waals surface area (Å²) in [5.74, 6) is -1.96. The van der Waals surface area contributed by atoms with Crippen molar-refractivity contribution in [2.75, 3.05) is 23.2 Å². The molecule has 3 N–H and O–H groups in total. The fourth-order valence-electron chi connectivity index (χ4n) is 3.57. The van der Waals surface area contributed by atoms with Crippen molar-refractivity contribution in [2.24, 2.45) is 0 Å². The van der Waals surface area contributed by atoms with Crippen LogP contribution in [0.15, 0.2) is 66.7 Å². The second-order valence-corrected chi connectivity index (χ2v) is 8.35. The summed E-state index contributed by atoms with van der Waals surface area (Å²) in [6.45, 7) is 3.93. The van der Waals surface area contributed by atoms with Gasteiger partial charge in [-0.2, -0.15) is 0 Å². The molecule has 0 spiro atoms. The van der Waals surface area contributed by atoms with Gasteiger partial charge >= 0.3 is 11.8 Å². The van der Waals surface area contributed by atoms with Gasteiger partial charge < -0.3 is 15.4 Å². The Balaban J connectivity index is 1.63. The van der Waals surface area contributed by atoms with E-state index >= 15 is 0 Å². The predicted octanol–water partition coefficient (Wildman–Crippen LogP) is 4.88. The number of ether oxygens (including phenoxy) is 1. The van der Waals surface area contributed by atoms with E-state index in [-0.39, 0.29) is 5.69 Å². The van der Waals surface area contributed by atoms with Crippen molar-refractivity contribution in [1.82, 2.24) is 4.68 Å². The molecule has 0 aliphatic carbocycles. The number of fused-ring (bicyclic) bond motifs is 1. The van der Waals surface area contributed by atoms with Gasteiger partial charge in [0.25, 0.3) is 5.91 Å². The Kier molecular flexibility index (Phi) is 6.75. The molecular formula is C26H23ClN4O4. The molecule has 1 aromatic heterocycles. The average Bonchev–Trinajstić information content (AvgIpc) is 3.19. The Hall–Kier alpha value is -4.30. The van der Waals surface area contributed by atoms with E-state index < -0.39 is 17.7 Å². The van der Waals surface area contributed by atoms with Gasteiger partial charge in [-0.05, 0) is 73.5 Å². The zero-order valence-corrected chi connectivity index (χ0v) is 20.1. The molecule has 1 heterocycles. The number of carbonyl (C=O) groups is 3. The summed E-state index contributed by atoms with van der Waals surface area (Å²) < 4.78 is 6.48. The Morgan fingerprint density at radius 3 is 2.37 bits per heavy atom. The molecule has 35 heavy (non-hydrogen) atoms. The van der Waals surface area contributed by atoms with E-state index in [1.807, 2.05) is 26.0 Å². The first kappa shape index (κ1) is 23.8. The number of benzene rings is 3. The number of hydrogen-bond acceptors (Lipinski definition) is 4. The standard InChI is InChI=1S/C26H23ClN4O4/c1-15-8-10-19(12-16(15)2)28-24(32)22-14-17-13-18(27)9-11-21(17)31(22)30-26(34)25(33)29-20-6-4-5-7-23(20)35-3/h4-14H,1-3H3,(H,28,32)(H,29,33)(H,30,34). The fraction of sp³-hybridized carbons (Fsp3) is 0.115. The molecule has 0 radical (unpaired) electrons. The Morgan fingerprint density at radius 2 is 1.63 bits per heavy atom. The zero-order chi connectivity index (χ0) is 25.1. The number of halogens is 1. The largest absolute Gasteiger partial charge is 0.495 e. The topological polar surface area (TPSA) is 101 Å². The van der Waals surface area contributed by atoms with E-state index in [1.54, 1.807) is 54.6 Å². The summed E-state index contributed by atoms with van der Waals surface area (Å²) in [6.07, 6.45) is 0. The van der Waals surface area contributed by atoms with Crippen LogP contribution in [0.1, 0.15) is 21.6 Å². The second kappa shape index (κ2) is 9.90. The van der Waals surface area contributed by atoms with Crippen LogP contribution < -0.4 is 20.8 Å². The van der Waals surface area contributed by atoms with Crippen LogP contribution in [-0.4, -0.2) is 29.5 Å². The van der Waals surface area contributed by atoms with Gasteiger partial charge in [0.1, 0.15) is 11.4 Å². The molecule has 0 saturated carbocycles. The number of aromatic nitrogens is 1. The van der Waals surface area contributed by atoms with Gasteiger partial charge in [-0.25, -0.2) is 4.68 Å². The average molecular weight is 491 g/mol. The molecule has 0 aliphatic rings. The summed E-state index contributed by atoms with van der Waals surface area (Å²) in [6, 6.07) is 18.8. The Bertz CT molecular complexity index is 1460. The van der Waals surface area contributed by atoms with Gasteiger partial charge in [0, 0.05) is 16.1 Å². The zero-order valence-electron chi connectivity index (χ0n) is 19.3. The maximum absolute atomic E-state index is 13.2. The van der Waals surface area contributed by atoms with Crippen LogP contribution in [0, 0.1) is 13.8 Å². The van der Waals surface area contributed by atoms with Crippen LogP contribution in [-0.2, 0) is 9.59 Å². The molecule has 9 heteroatoms. The van der Waals surface area contributed by atoms with Crippen molar-refractivity contribution in [3.05, 3.63) is 88.6 Å². The van der Waals surface area contributed by atoms with Crippen molar-refractivity contribution in [3.63, 3.8) is 0 Å². The maximum Gasteiger partial charge on any atom is 0.328 e. The first-order valence-corrected chi connectivity index (χ1v) is 11.1. The lowest BCUT2D eigenvalue weighted by Gasteiger charge is -2.14. The second-order valence-electron chi connectivity index (χ2n) is 7.92. The smallest absolute Gasteiger partial charge is 0.328 e. The van der Waals surface area contributed by atoms with E-state index in [4.69, 9.17) is 16.3 Å². The van der Waals surface area contributed by atoms with E-state index in [1.165, 1.54) is 11.8 Å². The first-order valence-electron chi connectivity index (χ1n) is 10.7. The van der Waals surface area contributed by atoms with Crippen LogP contribution >= 0.6 is 11.6 Å². The molecule has 8 nitrogen and oxygen atoms in total.